The maximum Gasteiger partial charge on any atom is 0.233 e. The lowest BCUT2D eigenvalue weighted by Crippen LogP contribution is -2.44. The van der Waals surface area contributed by atoms with Crippen LogP contribution in [0.3, 0.4) is 0 Å². The van der Waals surface area contributed by atoms with Crippen LogP contribution < -0.4 is 5.73 Å². The number of thioether (sulfide) groups is 1. The fraction of sp³-hybridized carbons (Fsp3) is 0.375. The number of halogens is 1. The van der Waals surface area contributed by atoms with Crippen molar-refractivity contribution in [1.29, 1.82) is 0 Å². The molecule has 1 saturated heterocycles. The summed E-state index contributed by atoms with van der Waals surface area (Å²) in [5.74, 6) is -0.398. The topological polar surface area (TPSA) is 94.1 Å². The van der Waals surface area contributed by atoms with Crippen LogP contribution in [0.2, 0.25) is 5.02 Å². The first-order valence-corrected chi connectivity index (χ1v) is 9.27. The smallest absolute Gasteiger partial charge is 0.233 e. The lowest BCUT2D eigenvalue weighted by atomic mass is 9.97. The molecule has 132 valence electrons. The van der Waals surface area contributed by atoms with E-state index in [4.69, 9.17) is 17.3 Å². The molecule has 0 radical (unpaired) electrons. The third-order valence-corrected chi connectivity index (χ3v) is 5.27. The van der Waals surface area contributed by atoms with Crippen LogP contribution in [-0.2, 0) is 9.59 Å². The Bertz CT molecular complexity index is 781. The van der Waals surface area contributed by atoms with Crippen LogP contribution in [0.15, 0.2) is 35.7 Å². The van der Waals surface area contributed by atoms with Crippen molar-refractivity contribution >= 4 is 35.2 Å². The number of nitrogens with two attached hydrogens (primary N) is 1. The van der Waals surface area contributed by atoms with Gasteiger partial charge in [-0.2, -0.15) is 0 Å². The second kappa shape index (κ2) is 7.88. The SMILES string of the molecule is NC(=O)C1CCCN(C(=O)CSc2nncn2-c2cccc(Cl)c2)C1. The fourth-order valence-electron chi connectivity index (χ4n) is 2.78. The number of carbonyl (C=O) groups excluding carboxylic acids is 2. The maximum absolute atomic E-state index is 12.4. The maximum atomic E-state index is 12.4. The van der Waals surface area contributed by atoms with E-state index in [1.54, 1.807) is 27.9 Å². The number of nitrogens with zero attached hydrogens (tertiary/aromatic N) is 4. The molecular formula is C16H18ClN5O2S. The summed E-state index contributed by atoms with van der Waals surface area (Å²) in [7, 11) is 0. The van der Waals surface area contributed by atoms with Gasteiger partial charge < -0.3 is 10.6 Å². The summed E-state index contributed by atoms with van der Waals surface area (Å²) >= 11 is 7.33. The Labute approximate surface area is 154 Å². The summed E-state index contributed by atoms with van der Waals surface area (Å²) < 4.78 is 1.78. The lowest BCUT2D eigenvalue weighted by Gasteiger charge is -2.31. The minimum absolute atomic E-state index is 0.0309. The molecular weight excluding hydrogens is 362 g/mol. The molecule has 1 aromatic carbocycles. The average molecular weight is 380 g/mol. The predicted octanol–water partition coefficient (Wildman–Crippen LogP) is 1.74. The number of piperidine rings is 1. The molecule has 0 aliphatic carbocycles. The highest BCUT2D eigenvalue weighted by atomic mass is 35.5. The second-order valence-electron chi connectivity index (χ2n) is 5.83. The molecule has 0 bridgehead atoms. The molecule has 1 atom stereocenters. The molecule has 1 fully saturated rings. The Kier molecular flexibility index (Phi) is 5.60. The van der Waals surface area contributed by atoms with E-state index in [0.717, 1.165) is 18.5 Å². The molecule has 3 rings (SSSR count). The zero-order valence-corrected chi connectivity index (χ0v) is 15.0. The minimum Gasteiger partial charge on any atom is -0.369 e. The van der Waals surface area contributed by atoms with Gasteiger partial charge in [0.2, 0.25) is 11.8 Å². The van der Waals surface area contributed by atoms with Crippen LogP contribution in [0, 0.1) is 5.92 Å². The number of amides is 2. The highest BCUT2D eigenvalue weighted by Gasteiger charge is 2.27. The monoisotopic (exact) mass is 379 g/mol. The van der Waals surface area contributed by atoms with Gasteiger partial charge in [0, 0.05) is 18.1 Å². The molecule has 2 N–H and O–H groups in total. The first kappa shape index (κ1) is 17.8. The molecule has 9 heteroatoms. The van der Waals surface area contributed by atoms with Crippen LogP contribution in [0.4, 0.5) is 0 Å². The Morgan fingerprint density at radius 3 is 3.00 bits per heavy atom. The zero-order valence-electron chi connectivity index (χ0n) is 13.5. The number of benzene rings is 1. The van der Waals surface area contributed by atoms with Crippen LogP contribution in [0.25, 0.3) is 5.69 Å². The predicted molar refractivity (Wildman–Crippen MR) is 95.6 cm³/mol. The molecule has 1 unspecified atom stereocenters. The van der Waals surface area contributed by atoms with Gasteiger partial charge in [-0.05, 0) is 31.0 Å². The van der Waals surface area contributed by atoms with Gasteiger partial charge in [-0.15, -0.1) is 10.2 Å². The van der Waals surface area contributed by atoms with E-state index in [0.29, 0.717) is 23.3 Å². The van der Waals surface area contributed by atoms with Crippen LogP contribution in [0.5, 0.6) is 0 Å². The summed E-state index contributed by atoms with van der Waals surface area (Å²) in [5.41, 5.74) is 6.20. The van der Waals surface area contributed by atoms with Gasteiger partial charge in [0.05, 0.1) is 17.4 Å². The number of carbonyl (C=O) groups is 2. The highest BCUT2D eigenvalue weighted by molar-refractivity contribution is 7.99. The minimum atomic E-state index is -0.342. The molecule has 1 aliphatic heterocycles. The fourth-order valence-corrected chi connectivity index (χ4v) is 3.80. The number of primary amides is 1. The average Bonchev–Trinajstić information content (AvgIpc) is 3.08. The number of aromatic nitrogens is 3. The first-order chi connectivity index (χ1) is 12.0. The van der Waals surface area contributed by atoms with Crippen molar-refractivity contribution in [3.05, 3.63) is 35.6 Å². The standard InChI is InChI=1S/C16H18ClN5O2S/c17-12-4-1-5-13(7-12)22-10-19-20-16(22)25-9-14(23)21-6-2-3-11(8-21)15(18)24/h1,4-5,7,10-11H,2-3,6,8-9H2,(H2,18,24). The number of rotatable bonds is 5. The van der Waals surface area contributed by atoms with Gasteiger partial charge in [-0.3, -0.25) is 14.2 Å². The molecule has 0 spiro atoms. The van der Waals surface area contributed by atoms with E-state index in [2.05, 4.69) is 10.2 Å². The second-order valence-corrected chi connectivity index (χ2v) is 7.21. The van der Waals surface area contributed by atoms with E-state index in [9.17, 15) is 9.59 Å². The summed E-state index contributed by atoms with van der Waals surface area (Å²) in [6, 6.07) is 7.33. The Morgan fingerprint density at radius 1 is 1.40 bits per heavy atom. The summed E-state index contributed by atoms with van der Waals surface area (Å²) in [4.78, 5) is 25.5. The molecule has 1 aliphatic rings. The van der Waals surface area contributed by atoms with Gasteiger partial charge >= 0.3 is 0 Å². The van der Waals surface area contributed by atoms with E-state index >= 15 is 0 Å². The van der Waals surface area contributed by atoms with E-state index in [1.165, 1.54) is 11.8 Å². The van der Waals surface area contributed by atoms with E-state index < -0.39 is 0 Å². The Morgan fingerprint density at radius 2 is 2.24 bits per heavy atom. The van der Waals surface area contributed by atoms with Crippen molar-refractivity contribution in [2.24, 2.45) is 11.7 Å². The summed E-state index contributed by atoms with van der Waals surface area (Å²) in [6.45, 7) is 1.06. The van der Waals surface area contributed by atoms with Crippen LogP contribution >= 0.6 is 23.4 Å². The molecule has 7 nitrogen and oxygen atoms in total. The Balaban J connectivity index is 1.63. The molecule has 1 aromatic heterocycles. The zero-order chi connectivity index (χ0) is 17.8. The quantitative estimate of drug-likeness (QED) is 0.798. The van der Waals surface area contributed by atoms with Crippen molar-refractivity contribution in [2.75, 3.05) is 18.8 Å². The first-order valence-electron chi connectivity index (χ1n) is 7.90. The van der Waals surface area contributed by atoms with Crippen molar-refractivity contribution in [1.82, 2.24) is 19.7 Å². The van der Waals surface area contributed by atoms with Crippen LogP contribution in [-0.4, -0.2) is 50.3 Å². The molecule has 2 heterocycles. The number of hydrogen-bond acceptors (Lipinski definition) is 5. The number of likely N-dealkylation sites (tertiary alicyclic amines) is 1. The van der Waals surface area contributed by atoms with Gasteiger partial charge in [-0.25, -0.2) is 0 Å². The molecule has 2 amide bonds. The van der Waals surface area contributed by atoms with Crippen molar-refractivity contribution < 1.29 is 9.59 Å². The Hall–Kier alpha value is -2.06. The van der Waals surface area contributed by atoms with Gasteiger partial charge in [-0.1, -0.05) is 29.4 Å². The molecule has 25 heavy (non-hydrogen) atoms. The van der Waals surface area contributed by atoms with Crippen molar-refractivity contribution in [3.63, 3.8) is 0 Å². The van der Waals surface area contributed by atoms with Crippen molar-refractivity contribution in [2.45, 2.75) is 18.0 Å². The van der Waals surface area contributed by atoms with Crippen molar-refractivity contribution in [3.8, 4) is 5.69 Å². The summed E-state index contributed by atoms with van der Waals surface area (Å²) in [6.07, 6.45) is 3.13. The van der Waals surface area contributed by atoms with E-state index in [-0.39, 0.29) is 23.5 Å². The van der Waals surface area contributed by atoms with Gasteiger partial charge in [0.25, 0.3) is 0 Å². The molecule has 0 saturated carbocycles. The highest BCUT2D eigenvalue weighted by Crippen LogP contribution is 2.23. The normalized spacial score (nSPS) is 17.5. The third kappa shape index (κ3) is 4.32. The van der Waals surface area contributed by atoms with Gasteiger partial charge in [0.1, 0.15) is 6.33 Å². The largest absolute Gasteiger partial charge is 0.369 e. The molecule has 2 aromatic rings. The van der Waals surface area contributed by atoms with Crippen LogP contribution in [0.1, 0.15) is 12.8 Å². The van der Waals surface area contributed by atoms with Gasteiger partial charge in [0.15, 0.2) is 5.16 Å². The third-order valence-electron chi connectivity index (χ3n) is 4.10. The lowest BCUT2D eigenvalue weighted by molar-refractivity contribution is -0.132. The number of hydrogen-bond donors (Lipinski definition) is 1. The van der Waals surface area contributed by atoms with E-state index in [1.807, 2.05) is 12.1 Å². The summed E-state index contributed by atoms with van der Waals surface area (Å²) in [5, 5.41) is 9.21.